The quantitative estimate of drug-likeness (QED) is 0.404. The van der Waals surface area contributed by atoms with E-state index in [0.29, 0.717) is 18.1 Å². The summed E-state index contributed by atoms with van der Waals surface area (Å²) < 4.78 is 61.4. The van der Waals surface area contributed by atoms with Crippen molar-refractivity contribution < 1.29 is 21.6 Å². The number of nitrogens with zero attached hydrogens (tertiary/aromatic N) is 1. The molecule has 6 nitrogen and oxygen atoms in total. The number of nitrogens with one attached hydrogen (secondary N) is 3. The Labute approximate surface area is 133 Å². The summed E-state index contributed by atoms with van der Waals surface area (Å²) >= 11 is 0. The fourth-order valence-electron chi connectivity index (χ4n) is 1.64. The molecule has 0 aromatic heterocycles. The number of halogens is 3. The van der Waals surface area contributed by atoms with Gasteiger partial charge >= 0.3 is 6.18 Å². The van der Waals surface area contributed by atoms with Crippen LogP contribution in [-0.2, 0) is 22.7 Å². The van der Waals surface area contributed by atoms with E-state index in [1.807, 2.05) is 0 Å². The lowest BCUT2D eigenvalue weighted by Gasteiger charge is -2.12. The zero-order valence-corrected chi connectivity index (χ0v) is 13.6. The number of hydrogen-bond donors (Lipinski definition) is 3. The van der Waals surface area contributed by atoms with Gasteiger partial charge in [-0.1, -0.05) is 12.1 Å². The van der Waals surface area contributed by atoms with Crippen LogP contribution in [0.1, 0.15) is 11.1 Å². The Balaban J connectivity index is 2.43. The topological polar surface area (TPSA) is 82.6 Å². The second-order valence-corrected chi connectivity index (χ2v) is 6.55. The summed E-state index contributed by atoms with van der Waals surface area (Å²) in [7, 11) is -1.71. The molecule has 0 aliphatic heterocycles. The van der Waals surface area contributed by atoms with Crippen LogP contribution in [0.2, 0.25) is 0 Å². The minimum atomic E-state index is -4.35. The molecule has 23 heavy (non-hydrogen) atoms. The molecule has 0 atom stereocenters. The molecule has 1 aromatic rings. The van der Waals surface area contributed by atoms with Crippen molar-refractivity contribution in [2.45, 2.75) is 12.7 Å². The van der Waals surface area contributed by atoms with Crippen LogP contribution in [0.3, 0.4) is 0 Å². The number of hydrogen-bond acceptors (Lipinski definition) is 3. The fraction of sp³-hybridized carbons (Fsp3) is 0.462. The molecular formula is C13H19F3N4O2S. The normalized spacial score (nSPS) is 13.0. The molecule has 3 N–H and O–H groups in total. The van der Waals surface area contributed by atoms with E-state index in [0.717, 1.165) is 18.4 Å². The van der Waals surface area contributed by atoms with Gasteiger partial charge in [-0.25, -0.2) is 13.1 Å². The lowest BCUT2D eigenvalue weighted by molar-refractivity contribution is -0.137. The molecular weight excluding hydrogens is 333 g/mol. The molecule has 0 unspecified atom stereocenters. The van der Waals surface area contributed by atoms with Crippen LogP contribution in [0.4, 0.5) is 13.2 Å². The molecule has 0 radical (unpaired) electrons. The summed E-state index contributed by atoms with van der Waals surface area (Å²) in [5, 5.41) is 5.80. The van der Waals surface area contributed by atoms with Crippen molar-refractivity contribution in [3.05, 3.63) is 35.4 Å². The zero-order valence-electron chi connectivity index (χ0n) is 12.7. The second kappa shape index (κ2) is 8.16. The van der Waals surface area contributed by atoms with Crippen LogP contribution in [0.25, 0.3) is 0 Å². The lowest BCUT2D eigenvalue weighted by Crippen LogP contribution is -2.41. The van der Waals surface area contributed by atoms with Crippen LogP contribution in [0, 0.1) is 0 Å². The first kappa shape index (κ1) is 19.2. The van der Waals surface area contributed by atoms with Gasteiger partial charge in [-0.15, -0.1) is 0 Å². The number of benzene rings is 1. The predicted molar refractivity (Wildman–Crippen MR) is 82.5 cm³/mol. The first-order valence-electron chi connectivity index (χ1n) is 6.67. The summed E-state index contributed by atoms with van der Waals surface area (Å²) in [5.74, 6) is 0.417. The Morgan fingerprint density at radius 3 is 2.22 bits per heavy atom. The van der Waals surface area contributed by atoms with E-state index in [1.54, 1.807) is 0 Å². The summed E-state index contributed by atoms with van der Waals surface area (Å²) in [6.45, 7) is 0.802. The highest BCUT2D eigenvalue weighted by molar-refractivity contribution is 7.88. The van der Waals surface area contributed by atoms with Crippen LogP contribution in [0.5, 0.6) is 0 Å². The van der Waals surface area contributed by atoms with Gasteiger partial charge in [0.15, 0.2) is 5.96 Å². The molecule has 0 saturated carbocycles. The number of alkyl halides is 3. The highest BCUT2D eigenvalue weighted by Crippen LogP contribution is 2.28. The predicted octanol–water partition coefficient (Wildman–Crippen LogP) is 0.920. The van der Waals surface area contributed by atoms with E-state index < -0.39 is 21.8 Å². The molecule has 0 bridgehead atoms. The minimum Gasteiger partial charge on any atom is -0.355 e. The largest absolute Gasteiger partial charge is 0.416 e. The number of aliphatic imine (C=N–C) groups is 1. The Bertz CT molecular complexity index is 628. The van der Waals surface area contributed by atoms with Gasteiger partial charge in [-0.2, -0.15) is 13.2 Å². The molecule has 0 amide bonds. The third kappa shape index (κ3) is 7.84. The third-order valence-corrected chi connectivity index (χ3v) is 3.48. The van der Waals surface area contributed by atoms with Gasteiger partial charge in [0.05, 0.1) is 11.8 Å². The lowest BCUT2D eigenvalue weighted by atomic mass is 10.1. The maximum atomic E-state index is 12.5. The number of sulfonamides is 1. The van der Waals surface area contributed by atoms with Crippen molar-refractivity contribution >= 4 is 16.0 Å². The first-order chi connectivity index (χ1) is 10.6. The van der Waals surface area contributed by atoms with Crippen molar-refractivity contribution in [1.82, 2.24) is 15.4 Å². The molecule has 0 heterocycles. The first-order valence-corrected chi connectivity index (χ1v) is 8.56. The van der Waals surface area contributed by atoms with Crippen LogP contribution in [-0.4, -0.2) is 40.8 Å². The van der Waals surface area contributed by atoms with E-state index >= 15 is 0 Å². The van der Waals surface area contributed by atoms with Crippen molar-refractivity contribution in [3.8, 4) is 0 Å². The van der Waals surface area contributed by atoms with E-state index in [2.05, 4.69) is 20.3 Å². The summed E-state index contributed by atoms with van der Waals surface area (Å²) in [6, 6.07) is 4.80. The van der Waals surface area contributed by atoms with Gasteiger partial charge in [0.25, 0.3) is 0 Å². The molecule has 1 aromatic carbocycles. The monoisotopic (exact) mass is 352 g/mol. The molecule has 0 aliphatic rings. The fourth-order valence-corrected chi connectivity index (χ4v) is 2.11. The Morgan fingerprint density at radius 2 is 1.74 bits per heavy atom. The summed E-state index contributed by atoms with van der Waals surface area (Å²) in [5.41, 5.74) is -0.0363. The minimum absolute atomic E-state index is 0.194. The highest BCUT2D eigenvalue weighted by atomic mass is 32.2. The van der Waals surface area contributed by atoms with Crippen molar-refractivity contribution in [2.75, 3.05) is 26.4 Å². The molecule has 0 fully saturated rings. The Hall–Kier alpha value is -1.81. The van der Waals surface area contributed by atoms with Gasteiger partial charge < -0.3 is 10.6 Å². The van der Waals surface area contributed by atoms with Crippen LogP contribution < -0.4 is 15.4 Å². The Morgan fingerprint density at radius 1 is 1.13 bits per heavy atom. The van der Waals surface area contributed by atoms with E-state index in [4.69, 9.17) is 0 Å². The maximum Gasteiger partial charge on any atom is 0.416 e. The average Bonchev–Trinajstić information content (AvgIpc) is 2.45. The molecule has 0 saturated heterocycles. The Kier molecular flexibility index (Phi) is 6.82. The highest BCUT2D eigenvalue weighted by Gasteiger charge is 2.29. The van der Waals surface area contributed by atoms with Gasteiger partial charge in [-0.3, -0.25) is 4.99 Å². The molecule has 0 spiro atoms. The van der Waals surface area contributed by atoms with Crippen molar-refractivity contribution in [3.63, 3.8) is 0 Å². The molecule has 0 aliphatic carbocycles. The van der Waals surface area contributed by atoms with Gasteiger partial charge in [0, 0.05) is 26.7 Å². The van der Waals surface area contributed by atoms with Crippen molar-refractivity contribution in [1.29, 1.82) is 0 Å². The summed E-state index contributed by atoms with van der Waals surface area (Å²) in [6.07, 6.45) is -3.29. The molecule has 130 valence electrons. The van der Waals surface area contributed by atoms with Crippen LogP contribution >= 0.6 is 0 Å². The van der Waals surface area contributed by atoms with E-state index in [1.165, 1.54) is 19.2 Å². The maximum absolute atomic E-state index is 12.5. The van der Waals surface area contributed by atoms with Gasteiger partial charge in [0.1, 0.15) is 0 Å². The third-order valence-electron chi connectivity index (χ3n) is 2.75. The van der Waals surface area contributed by atoms with E-state index in [9.17, 15) is 21.6 Å². The van der Waals surface area contributed by atoms with E-state index in [-0.39, 0.29) is 13.1 Å². The molecule has 10 heteroatoms. The smallest absolute Gasteiger partial charge is 0.355 e. The number of rotatable bonds is 6. The zero-order chi connectivity index (χ0) is 17.5. The summed E-state index contributed by atoms with van der Waals surface area (Å²) in [4.78, 5) is 3.93. The molecule has 1 rings (SSSR count). The van der Waals surface area contributed by atoms with Gasteiger partial charge in [0.2, 0.25) is 10.0 Å². The second-order valence-electron chi connectivity index (χ2n) is 4.71. The SMILES string of the molecule is CN=C(NCCNS(C)(=O)=O)NCc1ccc(C(F)(F)F)cc1. The van der Waals surface area contributed by atoms with Crippen molar-refractivity contribution in [2.24, 2.45) is 4.99 Å². The van der Waals surface area contributed by atoms with Gasteiger partial charge in [-0.05, 0) is 17.7 Å². The average molecular weight is 352 g/mol. The van der Waals surface area contributed by atoms with Crippen LogP contribution in [0.15, 0.2) is 29.3 Å². The standard InChI is InChI=1S/C13H19F3N4O2S/c1-17-12(18-7-8-20-23(2,21)22)19-9-10-3-5-11(6-4-10)13(14,15)16/h3-6,20H,7-9H2,1-2H3,(H2,17,18,19). The number of guanidine groups is 1.